The second-order valence-electron chi connectivity index (χ2n) is 5.65. The van der Waals surface area contributed by atoms with Crippen LogP contribution in [0.5, 0.6) is 5.75 Å². The zero-order chi connectivity index (χ0) is 20.1. The molecule has 0 radical (unpaired) electrons. The van der Waals surface area contributed by atoms with Gasteiger partial charge in [-0.15, -0.1) is 0 Å². The second-order valence-corrected chi connectivity index (χ2v) is 6.06. The Morgan fingerprint density at radius 1 is 1.29 bits per heavy atom. The maximum Gasteiger partial charge on any atom is 0.289 e. The van der Waals surface area contributed by atoms with E-state index in [1.165, 1.54) is 18.2 Å². The van der Waals surface area contributed by atoms with Gasteiger partial charge < -0.3 is 14.6 Å². The summed E-state index contributed by atoms with van der Waals surface area (Å²) < 4.78 is 10.5. The van der Waals surface area contributed by atoms with E-state index in [-0.39, 0.29) is 23.0 Å². The number of nitro groups is 1. The average Bonchev–Trinajstić information content (AvgIpc) is 3.16. The van der Waals surface area contributed by atoms with E-state index < -0.39 is 10.8 Å². The molecule has 0 unspecified atom stereocenters. The van der Waals surface area contributed by atoms with Gasteiger partial charge >= 0.3 is 0 Å². The van der Waals surface area contributed by atoms with Crippen molar-refractivity contribution in [1.29, 1.82) is 0 Å². The van der Waals surface area contributed by atoms with E-state index in [0.717, 1.165) is 0 Å². The van der Waals surface area contributed by atoms with Gasteiger partial charge in [-0.2, -0.15) is 4.98 Å². The molecule has 1 aromatic heterocycles. The number of halogens is 1. The lowest BCUT2D eigenvalue weighted by Gasteiger charge is -2.07. The van der Waals surface area contributed by atoms with E-state index in [1.807, 2.05) is 6.92 Å². The van der Waals surface area contributed by atoms with E-state index in [2.05, 4.69) is 15.5 Å². The number of rotatable bonds is 7. The fourth-order valence-corrected chi connectivity index (χ4v) is 2.46. The van der Waals surface area contributed by atoms with Crippen LogP contribution in [0.15, 0.2) is 47.0 Å². The standard InChI is InChI=1S/C18H15ClN4O5/c1-2-17-21-16(22-28-17)10-27-13-6-3-11(4-7-13)18(24)20-12-5-8-14(19)15(9-12)23(25)26/h3-9H,2,10H2,1H3,(H,20,24). The monoisotopic (exact) mass is 402 g/mol. The Balaban J connectivity index is 1.62. The molecule has 0 fully saturated rings. The fraction of sp³-hybridized carbons (Fsp3) is 0.167. The van der Waals surface area contributed by atoms with Crippen LogP contribution < -0.4 is 10.1 Å². The summed E-state index contributed by atoms with van der Waals surface area (Å²) in [5.74, 6) is 1.08. The van der Waals surface area contributed by atoms with Crippen LogP contribution in [0, 0.1) is 10.1 Å². The van der Waals surface area contributed by atoms with Gasteiger partial charge in [-0.05, 0) is 36.4 Å². The van der Waals surface area contributed by atoms with Gasteiger partial charge in [-0.3, -0.25) is 14.9 Å². The van der Waals surface area contributed by atoms with Crippen molar-refractivity contribution in [3.05, 3.63) is 74.9 Å². The highest BCUT2D eigenvalue weighted by Crippen LogP contribution is 2.27. The number of hydrogen-bond acceptors (Lipinski definition) is 7. The lowest BCUT2D eigenvalue weighted by atomic mass is 10.2. The third-order valence-corrected chi connectivity index (χ3v) is 4.02. The predicted octanol–water partition coefficient (Wildman–Crippen LogP) is 4.02. The van der Waals surface area contributed by atoms with Crippen molar-refractivity contribution >= 4 is 28.9 Å². The van der Waals surface area contributed by atoms with Gasteiger partial charge in [0.25, 0.3) is 11.6 Å². The van der Waals surface area contributed by atoms with Gasteiger partial charge in [0.1, 0.15) is 10.8 Å². The molecule has 1 N–H and O–H groups in total. The first-order chi connectivity index (χ1) is 13.5. The quantitative estimate of drug-likeness (QED) is 0.467. The largest absolute Gasteiger partial charge is 0.485 e. The molecule has 0 aliphatic heterocycles. The number of hydrogen-bond donors (Lipinski definition) is 1. The van der Waals surface area contributed by atoms with Gasteiger partial charge in [0.05, 0.1) is 4.92 Å². The molecule has 28 heavy (non-hydrogen) atoms. The van der Waals surface area contributed by atoms with Crippen molar-refractivity contribution in [2.45, 2.75) is 20.0 Å². The lowest BCUT2D eigenvalue weighted by Crippen LogP contribution is -2.12. The normalized spacial score (nSPS) is 10.5. The highest BCUT2D eigenvalue weighted by atomic mass is 35.5. The topological polar surface area (TPSA) is 120 Å². The summed E-state index contributed by atoms with van der Waals surface area (Å²) in [6, 6.07) is 10.4. The van der Waals surface area contributed by atoms with Gasteiger partial charge in [0.2, 0.25) is 11.7 Å². The second kappa shape index (κ2) is 8.49. The molecule has 0 atom stereocenters. The number of anilines is 1. The molecule has 0 aliphatic rings. The van der Waals surface area contributed by atoms with Crippen LogP contribution in [0.2, 0.25) is 5.02 Å². The Morgan fingerprint density at radius 3 is 2.68 bits per heavy atom. The number of nitrogens with one attached hydrogen (secondary N) is 1. The number of amides is 1. The summed E-state index contributed by atoms with van der Waals surface area (Å²) >= 11 is 5.76. The summed E-state index contributed by atoms with van der Waals surface area (Å²) in [6.45, 7) is 2.05. The number of nitro benzene ring substituents is 1. The number of carbonyl (C=O) groups excluding carboxylic acids is 1. The fourth-order valence-electron chi connectivity index (χ4n) is 2.28. The summed E-state index contributed by atoms with van der Waals surface area (Å²) in [5.41, 5.74) is 0.346. The third kappa shape index (κ3) is 4.63. The zero-order valence-corrected chi connectivity index (χ0v) is 15.5. The minimum absolute atomic E-state index is 0.00263. The van der Waals surface area contributed by atoms with Gasteiger partial charge in [0, 0.05) is 23.7 Å². The molecule has 144 valence electrons. The maximum absolute atomic E-state index is 12.3. The summed E-state index contributed by atoms with van der Waals surface area (Å²) in [6.07, 6.45) is 0.646. The summed E-state index contributed by atoms with van der Waals surface area (Å²) in [7, 11) is 0. The molecule has 1 amide bonds. The molecule has 10 heteroatoms. The first-order valence-electron chi connectivity index (χ1n) is 8.26. The average molecular weight is 403 g/mol. The van der Waals surface area contributed by atoms with E-state index in [9.17, 15) is 14.9 Å². The number of carbonyl (C=O) groups is 1. The van der Waals surface area contributed by atoms with E-state index in [0.29, 0.717) is 29.4 Å². The first-order valence-corrected chi connectivity index (χ1v) is 8.63. The van der Waals surface area contributed by atoms with E-state index in [1.54, 1.807) is 24.3 Å². The molecule has 0 saturated heterocycles. The molecule has 3 aromatic rings. The smallest absolute Gasteiger partial charge is 0.289 e. The van der Waals surface area contributed by atoms with E-state index >= 15 is 0 Å². The third-order valence-electron chi connectivity index (χ3n) is 3.70. The molecule has 0 bridgehead atoms. The van der Waals surface area contributed by atoms with Gasteiger partial charge in [0.15, 0.2) is 6.61 Å². The molecular formula is C18H15ClN4O5. The van der Waals surface area contributed by atoms with Crippen LogP contribution in [-0.2, 0) is 13.0 Å². The predicted molar refractivity (Wildman–Crippen MR) is 101 cm³/mol. The number of aromatic nitrogens is 2. The maximum atomic E-state index is 12.3. The molecule has 0 spiro atoms. The Morgan fingerprint density at radius 2 is 2.04 bits per heavy atom. The Labute approximate surface area is 164 Å². The molecule has 0 aliphatic carbocycles. The summed E-state index contributed by atoms with van der Waals surface area (Å²) in [5, 5.41) is 17.3. The number of nitrogens with zero attached hydrogens (tertiary/aromatic N) is 3. The highest BCUT2D eigenvalue weighted by molar-refractivity contribution is 6.32. The lowest BCUT2D eigenvalue weighted by molar-refractivity contribution is -0.384. The molecule has 9 nitrogen and oxygen atoms in total. The first kappa shape index (κ1) is 19.3. The molecule has 1 heterocycles. The highest BCUT2D eigenvalue weighted by Gasteiger charge is 2.14. The zero-order valence-electron chi connectivity index (χ0n) is 14.7. The number of aryl methyl sites for hydroxylation is 1. The van der Waals surface area contributed by atoms with Crippen LogP contribution >= 0.6 is 11.6 Å². The van der Waals surface area contributed by atoms with Crippen molar-refractivity contribution in [3.8, 4) is 5.75 Å². The van der Waals surface area contributed by atoms with Crippen LogP contribution in [0.3, 0.4) is 0 Å². The van der Waals surface area contributed by atoms with Crippen LogP contribution in [-0.4, -0.2) is 21.0 Å². The van der Waals surface area contributed by atoms with Gasteiger partial charge in [-0.25, -0.2) is 0 Å². The van der Waals surface area contributed by atoms with Crippen molar-refractivity contribution in [3.63, 3.8) is 0 Å². The molecule has 2 aromatic carbocycles. The summed E-state index contributed by atoms with van der Waals surface area (Å²) in [4.78, 5) is 26.8. The van der Waals surface area contributed by atoms with Crippen LogP contribution in [0.25, 0.3) is 0 Å². The van der Waals surface area contributed by atoms with Crippen molar-refractivity contribution in [1.82, 2.24) is 10.1 Å². The minimum atomic E-state index is -0.614. The number of benzene rings is 2. The van der Waals surface area contributed by atoms with Gasteiger partial charge in [-0.1, -0.05) is 23.7 Å². The Kier molecular flexibility index (Phi) is 5.85. The minimum Gasteiger partial charge on any atom is -0.485 e. The number of ether oxygens (including phenoxy) is 1. The van der Waals surface area contributed by atoms with Crippen molar-refractivity contribution < 1.29 is 19.0 Å². The molecule has 0 saturated carbocycles. The SMILES string of the molecule is CCc1nc(COc2ccc(C(=O)Nc3ccc(Cl)c([N+](=O)[O-])c3)cc2)no1. The Bertz CT molecular complexity index is 1000. The molecule has 3 rings (SSSR count). The van der Waals surface area contributed by atoms with Crippen molar-refractivity contribution in [2.24, 2.45) is 0 Å². The Hall–Kier alpha value is -3.46. The molecular weight excluding hydrogens is 388 g/mol. The van der Waals surface area contributed by atoms with E-state index in [4.69, 9.17) is 20.9 Å². The van der Waals surface area contributed by atoms with Crippen LogP contribution in [0.1, 0.15) is 29.0 Å². The van der Waals surface area contributed by atoms with Crippen molar-refractivity contribution in [2.75, 3.05) is 5.32 Å². The van der Waals surface area contributed by atoms with Crippen LogP contribution in [0.4, 0.5) is 11.4 Å².